The zero-order chi connectivity index (χ0) is 16.8. The Bertz CT molecular complexity index is 565. The summed E-state index contributed by atoms with van der Waals surface area (Å²) in [5.74, 6) is -0.518. The molecule has 7 nitrogen and oxygen atoms in total. The van der Waals surface area contributed by atoms with Gasteiger partial charge in [-0.1, -0.05) is 12.1 Å². The van der Waals surface area contributed by atoms with Gasteiger partial charge in [0.1, 0.15) is 0 Å². The summed E-state index contributed by atoms with van der Waals surface area (Å²) in [6.07, 6.45) is 0.328. The molecule has 0 unspecified atom stereocenters. The molecule has 0 spiro atoms. The second-order valence-electron chi connectivity index (χ2n) is 5.42. The predicted molar refractivity (Wildman–Crippen MR) is 81.7 cm³/mol. The second kappa shape index (κ2) is 7.73. The zero-order valence-electron chi connectivity index (χ0n) is 13.2. The van der Waals surface area contributed by atoms with Crippen LogP contribution in [-0.2, 0) is 9.57 Å². The van der Waals surface area contributed by atoms with E-state index in [1.54, 1.807) is 38.1 Å². The molecule has 0 saturated heterocycles. The Labute approximate surface area is 134 Å². The third-order valence-corrected chi connectivity index (χ3v) is 3.25. The van der Waals surface area contributed by atoms with E-state index in [0.717, 1.165) is 0 Å². The molecule has 124 valence electrons. The molecule has 0 radical (unpaired) electrons. The van der Waals surface area contributed by atoms with Crippen LogP contribution in [0.5, 0.6) is 0 Å². The van der Waals surface area contributed by atoms with Crippen LogP contribution in [0.15, 0.2) is 24.3 Å². The minimum atomic E-state index is -0.639. The maximum absolute atomic E-state index is 12.1. The van der Waals surface area contributed by atoms with Gasteiger partial charge in [0.15, 0.2) is 0 Å². The molecule has 0 aliphatic carbocycles. The van der Waals surface area contributed by atoms with E-state index in [9.17, 15) is 14.4 Å². The normalized spacial score (nSPS) is 13.4. The molecule has 1 heterocycles. The van der Waals surface area contributed by atoms with Gasteiger partial charge in [-0.25, -0.2) is 4.79 Å². The Hall–Kier alpha value is -2.41. The zero-order valence-corrected chi connectivity index (χ0v) is 13.2. The molecule has 1 N–H and O–H groups in total. The molecular weight excluding hydrogens is 300 g/mol. The topological polar surface area (TPSA) is 84.9 Å². The molecule has 1 aromatic carbocycles. The summed E-state index contributed by atoms with van der Waals surface area (Å²) in [5, 5.41) is 0. The summed E-state index contributed by atoms with van der Waals surface area (Å²) in [6.45, 7) is 4.08. The molecule has 1 aromatic rings. The lowest BCUT2D eigenvalue weighted by atomic mass is 10.1. The summed E-state index contributed by atoms with van der Waals surface area (Å²) in [7, 11) is 0. The molecule has 0 aromatic heterocycles. The number of hydrogen-bond donors (Lipinski definition) is 1. The number of carbonyl (C=O) groups excluding carboxylic acids is 3. The van der Waals surface area contributed by atoms with Crippen molar-refractivity contribution in [2.24, 2.45) is 0 Å². The van der Waals surface area contributed by atoms with Crippen LogP contribution in [0.1, 0.15) is 47.4 Å². The number of amides is 3. The monoisotopic (exact) mass is 320 g/mol. The highest BCUT2D eigenvalue weighted by atomic mass is 16.7. The van der Waals surface area contributed by atoms with Gasteiger partial charge < -0.3 is 4.74 Å². The minimum Gasteiger partial charge on any atom is -0.445 e. The largest absolute Gasteiger partial charge is 0.445 e. The van der Waals surface area contributed by atoms with Crippen molar-refractivity contribution in [1.29, 1.82) is 0 Å². The second-order valence-corrected chi connectivity index (χ2v) is 5.42. The van der Waals surface area contributed by atoms with Gasteiger partial charge >= 0.3 is 6.09 Å². The molecule has 3 amide bonds. The van der Waals surface area contributed by atoms with Crippen LogP contribution in [0.3, 0.4) is 0 Å². The van der Waals surface area contributed by atoms with Gasteiger partial charge in [0.2, 0.25) is 0 Å². The number of hydroxylamine groups is 1. The van der Waals surface area contributed by atoms with E-state index >= 15 is 0 Å². The van der Waals surface area contributed by atoms with E-state index in [-0.39, 0.29) is 24.5 Å². The number of hydrogen-bond acceptors (Lipinski definition) is 5. The number of nitrogens with one attached hydrogen (secondary N) is 1. The van der Waals surface area contributed by atoms with Crippen LogP contribution >= 0.6 is 0 Å². The third kappa shape index (κ3) is 4.29. The van der Waals surface area contributed by atoms with Crippen molar-refractivity contribution in [3.63, 3.8) is 0 Å². The van der Waals surface area contributed by atoms with E-state index in [4.69, 9.17) is 9.57 Å². The van der Waals surface area contributed by atoms with Gasteiger partial charge in [-0.2, -0.15) is 5.48 Å². The fourth-order valence-electron chi connectivity index (χ4n) is 2.23. The number of fused-ring (bicyclic) bond motifs is 1. The van der Waals surface area contributed by atoms with Crippen molar-refractivity contribution in [3.05, 3.63) is 35.4 Å². The van der Waals surface area contributed by atoms with Crippen LogP contribution < -0.4 is 5.48 Å². The summed E-state index contributed by atoms with van der Waals surface area (Å²) < 4.78 is 4.83. The minimum absolute atomic E-state index is 0.215. The van der Waals surface area contributed by atoms with Gasteiger partial charge in [0, 0.05) is 6.54 Å². The van der Waals surface area contributed by atoms with Crippen molar-refractivity contribution >= 4 is 17.9 Å². The number of benzene rings is 1. The molecule has 0 saturated carbocycles. The standard InChI is InChI=1S/C16H20N2O5/c1-11(2)23-16(21)17-22-10-6-5-9-18-14(19)12-7-3-4-8-13(12)15(18)20/h3-4,7-8,11H,5-6,9-10H2,1-2H3,(H,17,21). The Morgan fingerprint density at radius 1 is 1.13 bits per heavy atom. The van der Waals surface area contributed by atoms with E-state index in [1.165, 1.54) is 4.90 Å². The molecule has 1 aliphatic heterocycles. The smallest absolute Gasteiger partial charge is 0.431 e. The Balaban J connectivity index is 1.67. The summed E-state index contributed by atoms with van der Waals surface area (Å²) >= 11 is 0. The first-order chi connectivity index (χ1) is 11.0. The van der Waals surface area contributed by atoms with E-state index in [0.29, 0.717) is 30.5 Å². The number of nitrogens with zero attached hydrogens (tertiary/aromatic N) is 1. The highest BCUT2D eigenvalue weighted by Crippen LogP contribution is 2.22. The lowest BCUT2D eigenvalue weighted by Crippen LogP contribution is -2.31. The van der Waals surface area contributed by atoms with Crippen LogP contribution in [0.25, 0.3) is 0 Å². The Morgan fingerprint density at radius 2 is 1.74 bits per heavy atom. The van der Waals surface area contributed by atoms with E-state index < -0.39 is 6.09 Å². The first-order valence-electron chi connectivity index (χ1n) is 7.54. The fraction of sp³-hybridized carbons (Fsp3) is 0.438. The van der Waals surface area contributed by atoms with Crippen molar-refractivity contribution < 1.29 is 24.0 Å². The summed E-state index contributed by atoms with van der Waals surface area (Å²) in [5.41, 5.74) is 3.07. The highest BCUT2D eigenvalue weighted by molar-refractivity contribution is 6.21. The maximum atomic E-state index is 12.1. The maximum Gasteiger partial charge on any atom is 0.431 e. The molecule has 23 heavy (non-hydrogen) atoms. The van der Waals surface area contributed by atoms with Crippen molar-refractivity contribution in [2.45, 2.75) is 32.8 Å². The van der Waals surface area contributed by atoms with E-state index in [1.807, 2.05) is 0 Å². The molecule has 0 bridgehead atoms. The molecular formula is C16H20N2O5. The first kappa shape index (κ1) is 17.0. The number of carbonyl (C=O) groups is 3. The molecule has 7 heteroatoms. The number of rotatable bonds is 7. The molecule has 1 aliphatic rings. The van der Waals surface area contributed by atoms with Crippen LogP contribution in [-0.4, -0.2) is 42.1 Å². The van der Waals surface area contributed by atoms with Gasteiger partial charge in [-0.3, -0.25) is 19.3 Å². The molecule has 0 fully saturated rings. The average molecular weight is 320 g/mol. The lowest BCUT2D eigenvalue weighted by Gasteiger charge is -2.13. The van der Waals surface area contributed by atoms with Crippen molar-refractivity contribution in [1.82, 2.24) is 10.4 Å². The van der Waals surface area contributed by atoms with Crippen molar-refractivity contribution in [2.75, 3.05) is 13.2 Å². The van der Waals surface area contributed by atoms with Gasteiger partial charge in [0.05, 0.1) is 23.8 Å². The fourth-order valence-corrected chi connectivity index (χ4v) is 2.23. The number of imide groups is 1. The number of unbranched alkanes of at least 4 members (excludes halogenated alkanes) is 1. The highest BCUT2D eigenvalue weighted by Gasteiger charge is 2.34. The SMILES string of the molecule is CC(C)OC(=O)NOCCCCN1C(=O)c2ccccc2C1=O. The van der Waals surface area contributed by atoms with Crippen LogP contribution in [0.4, 0.5) is 4.79 Å². The number of ether oxygens (including phenoxy) is 1. The van der Waals surface area contributed by atoms with Gasteiger partial charge in [0.25, 0.3) is 11.8 Å². The van der Waals surface area contributed by atoms with Gasteiger partial charge in [-0.15, -0.1) is 0 Å². The third-order valence-electron chi connectivity index (χ3n) is 3.25. The Kier molecular flexibility index (Phi) is 5.70. The van der Waals surface area contributed by atoms with E-state index in [2.05, 4.69) is 5.48 Å². The summed E-state index contributed by atoms with van der Waals surface area (Å²) in [4.78, 5) is 41.6. The predicted octanol–water partition coefficient (Wildman–Crippen LogP) is 2.13. The Morgan fingerprint density at radius 3 is 2.30 bits per heavy atom. The lowest BCUT2D eigenvalue weighted by molar-refractivity contribution is 0.0160. The molecule has 2 rings (SSSR count). The van der Waals surface area contributed by atoms with Gasteiger partial charge in [-0.05, 0) is 38.8 Å². The van der Waals surface area contributed by atoms with Crippen LogP contribution in [0.2, 0.25) is 0 Å². The van der Waals surface area contributed by atoms with Crippen molar-refractivity contribution in [3.8, 4) is 0 Å². The van der Waals surface area contributed by atoms with Crippen LogP contribution in [0, 0.1) is 0 Å². The molecule has 0 atom stereocenters. The first-order valence-corrected chi connectivity index (χ1v) is 7.54. The quantitative estimate of drug-likeness (QED) is 0.472. The summed E-state index contributed by atoms with van der Waals surface area (Å²) in [6, 6.07) is 6.79. The average Bonchev–Trinajstić information content (AvgIpc) is 2.75.